The Balaban J connectivity index is 4.00. The highest BCUT2D eigenvalue weighted by Crippen LogP contribution is 2.35. The highest BCUT2D eigenvalue weighted by atomic mass is 31.2. The molecule has 38 heavy (non-hydrogen) atoms. The summed E-state index contributed by atoms with van der Waals surface area (Å²) in [6.07, 6.45) is 16.1. The summed E-state index contributed by atoms with van der Waals surface area (Å²) in [7, 11) is -4.74. The van der Waals surface area contributed by atoms with E-state index in [1.165, 1.54) is 26.2 Å². The van der Waals surface area contributed by atoms with Crippen LogP contribution in [0.1, 0.15) is 129 Å². The van der Waals surface area contributed by atoms with Gasteiger partial charge >= 0.3 is 19.8 Å². The highest BCUT2D eigenvalue weighted by Gasteiger charge is 2.22. The molecule has 0 aromatic rings. The Hall–Kier alpha value is -1.48. The molecule has 0 saturated carbocycles. The van der Waals surface area contributed by atoms with E-state index in [9.17, 15) is 18.9 Å². The molecule has 0 heterocycles. The molecule has 1 amide bonds. The summed E-state index contributed by atoms with van der Waals surface area (Å²) in [6, 6.07) is 0. The number of ether oxygens (including phenoxy) is 2. The average molecular weight is 566 g/mol. The minimum absolute atomic E-state index is 0.0140. The average Bonchev–Trinajstić information content (AvgIpc) is 2.85. The summed E-state index contributed by atoms with van der Waals surface area (Å²) in [5, 5.41) is 2.79. The molecule has 0 aliphatic heterocycles. The minimum atomic E-state index is -4.74. The second-order valence-electron chi connectivity index (χ2n) is 9.87. The molecule has 0 aliphatic carbocycles. The number of unbranched alkanes of at least 4 members (excludes halogenated alkanes) is 14. The smallest absolute Gasteiger partial charge is 0.462 e. The van der Waals surface area contributed by atoms with Crippen LogP contribution < -0.4 is 5.32 Å². The van der Waals surface area contributed by atoms with Gasteiger partial charge in [-0.3, -0.25) is 18.9 Å². The molecule has 3 N–H and O–H groups in total. The molecule has 0 aliphatic rings. The van der Waals surface area contributed by atoms with E-state index in [1.54, 1.807) is 0 Å². The highest BCUT2D eigenvalue weighted by molar-refractivity contribution is 7.46. The molecule has 0 aromatic carbocycles. The van der Waals surface area contributed by atoms with Crippen molar-refractivity contribution in [3.63, 3.8) is 0 Å². The van der Waals surface area contributed by atoms with Crippen LogP contribution in [0.3, 0.4) is 0 Å². The lowest BCUT2D eigenvalue weighted by atomic mass is 10.1. The first kappa shape index (κ1) is 36.5. The molecule has 0 aromatic heterocycles. The number of hydrogen-bond donors (Lipinski definition) is 3. The van der Waals surface area contributed by atoms with Crippen molar-refractivity contribution < 1.29 is 42.7 Å². The fourth-order valence-corrected chi connectivity index (χ4v) is 4.28. The van der Waals surface area contributed by atoms with E-state index in [4.69, 9.17) is 19.3 Å². The number of carbonyl (C=O) groups excluding carboxylic acids is 3. The second-order valence-corrected chi connectivity index (χ2v) is 11.1. The number of phosphoric acid groups is 1. The Labute approximate surface area is 229 Å². The van der Waals surface area contributed by atoms with E-state index < -0.39 is 32.5 Å². The van der Waals surface area contributed by atoms with Crippen LogP contribution in [0.25, 0.3) is 0 Å². The Kier molecular flexibility index (Phi) is 23.6. The maximum absolute atomic E-state index is 12.1. The van der Waals surface area contributed by atoms with Crippen molar-refractivity contribution in [3.8, 4) is 0 Å². The van der Waals surface area contributed by atoms with E-state index >= 15 is 0 Å². The van der Waals surface area contributed by atoms with Gasteiger partial charge in [-0.2, -0.15) is 0 Å². The molecule has 0 saturated heterocycles. The van der Waals surface area contributed by atoms with Crippen molar-refractivity contribution in [2.75, 3.05) is 19.8 Å². The molecule has 0 bridgehead atoms. The quantitative estimate of drug-likeness (QED) is 0.0679. The van der Waals surface area contributed by atoms with Gasteiger partial charge in [0.25, 0.3) is 0 Å². The molecule has 0 radical (unpaired) electrons. The van der Waals surface area contributed by atoms with E-state index in [0.717, 1.165) is 77.2 Å². The number of esters is 2. The summed E-state index contributed by atoms with van der Waals surface area (Å²) in [5.74, 6) is -0.921. The molecule has 11 heteroatoms. The molecule has 224 valence electrons. The monoisotopic (exact) mass is 565 g/mol. The zero-order chi connectivity index (χ0) is 28.5. The molecule has 0 fully saturated rings. The standard InChI is InChI=1S/C27H52NO9P/c1-3-4-5-6-10-14-17-20-27(31)37-25(23-36-38(32,33)34)22-35-26(30)19-16-13-11-8-7-9-12-15-18-21-28-24(2)29/h25H,3-23H2,1-2H3,(H,28,29)(H2,32,33,34)/t25-/m1/s1. The van der Waals surface area contributed by atoms with Crippen LogP contribution in [0.5, 0.6) is 0 Å². The van der Waals surface area contributed by atoms with Crippen molar-refractivity contribution in [2.24, 2.45) is 0 Å². The van der Waals surface area contributed by atoms with Gasteiger partial charge in [-0.15, -0.1) is 0 Å². The van der Waals surface area contributed by atoms with Gasteiger partial charge in [-0.1, -0.05) is 90.4 Å². The van der Waals surface area contributed by atoms with Gasteiger partial charge in [0, 0.05) is 26.3 Å². The molecule has 1 atom stereocenters. The summed E-state index contributed by atoms with van der Waals surface area (Å²) >= 11 is 0. The zero-order valence-corrected chi connectivity index (χ0v) is 24.5. The van der Waals surface area contributed by atoms with Crippen molar-refractivity contribution in [3.05, 3.63) is 0 Å². The Bertz CT molecular complexity index is 669. The van der Waals surface area contributed by atoms with E-state index in [2.05, 4.69) is 16.8 Å². The third-order valence-corrected chi connectivity index (χ3v) is 6.56. The van der Waals surface area contributed by atoms with Crippen LogP contribution in [-0.4, -0.2) is 53.5 Å². The lowest BCUT2D eigenvalue weighted by molar-refractivity contribution is -0.161. The molecule has 0 spiro atoms. The van der Waals surface area contributed by atoms with Crippen molar-refractivity contribution >= 4 is 25.7 Å². The van der Waals surface area contributed by atoms with Crippen LogP contribution in [0.2, 0.25) is 0 Å². The van der Waals surface area contributed by atoms with E-state index in [1.807, 2.05) is 0 Å². The molecular formula is C27H52NO9P. The first-order chi connectivity index (χ1) is 18.1. The summed E-state index contributed by atoms with van der Waals surface area (Å²) in [4.78, 5) is 52.9. The van der Waals surface area contributed by atoms with Crippen molar-refractivity contribution in [1.29, 1.82) is 0 Å². The number of carbonyl (C=O) groups is 3. The van der Waals surface area contributed by atoms with Crippen LogP contribution in [0.4, 0.5) is 0 Å². The number of amides is 1. The summed E-state index contributed by atoms with van der Waals surface area (Å²) < 4.78 is 25.9. The zero-order valence-electron chi connectivity index (χ0n) is 23.6. The third-order valence-electron chi connectivity index (χ3n) is 6.07. The van der Waals surface area contributed by atoms with Crippen LogP contribution in [-0.2, 0) is 32.9 Å². The van der Waals surface area contributed by atoms with Gasteiger partial charge in [-0.25, -0.2) is 4.57 Å². The molecular weight excluding hydrogens is 513 g/mol. The molecule has 10 nitrogen and oxygen atoms in total. The molecule has 0 unspecified atom stereocenters. The maximum Gasteiger partial charge on any atom is 0.469 e. The predicted molar refractivity (Wildman–Crippen MR) is 146 cm³/mol. The second kappa shape index (κ2) is 24.6. The summed E-state index contributed by atoms with van der Waals surface area (Å²) in [6.45, 7) is 3.57. The first-order valence-electron chi connectivity index (χ1n) is 14.4. The maximum atomic E-state index is 12.1. The lowest BCUT2D eigenvalue weighted by Crippen LogP contribution is -2.29. The number of rotatable bonds is 26. The number of hydrogen-bond acceptors (Lipinski definition) is 7. The Morgan fingerprint density at radius 3 is 1.68 bits per heavy atom. The normalized spacial score (nSPS) is 12.2. The third kappa shape index (κ3) is 27.6. The van der Waals surface area contributed by atoms with Gasteiger partial charge in [0.05, 0.1) is 6.61 Å². The fraction of sp³-hybridized carbons (Fsp3) is 0.889. The van der Waals surface area contributed by atoms with Crippen molar-refractivity contribution in [2.45, 2.75) is 136 Å². The Morgan fingerprint density at radius 2 is 1.18 bits per heavy atom. The first-order valence-corrected chi connectivity index (χ1v) is 16.0. The Morgan fingerprint density at radius 1 is 0.711 bits per heavy atom. The number of nitrogens with one attached hydrogen (secondary N) is 1. The van der Waals surface area contributed by atoms with Crippen LogP contribution in [0, 0.1) is 0 Å². The van der Waals surface area contributed by atoms with Gasteiger partial charge in [0.1, 0.15) is 6.61 Å². The topological polar surface area (TPSA) is 148 Å². The van der Waals surface area contributed by atoms with Gasteiger partial charge in [-0.05, 0) is 19.3 Å². The SMILES string of the molecule is CCCCCCCCCC(=O)O[C@H](COC(=O)CCCCCCCCCCCNC(C)=O)COP(=O)(O)O. The van der Waals surface area contributed by atoms with Gasteiger partial charge in [0.2, 0.25) is 5.91 Å². The predicted octanol–water partition coefficient (Wildman–Crippen LogP) is 5.73. The largest absolute Gasteiger partial charge is 0.469 e. The fourth-order valence-electron chi connectivity index (χ4n) is 3.92. The number of phosphoric ester groups is 1. The van der Waals surface area contributed by atoms with Crippen LogP contribution >= 0.6 is 7.82 Å². The van der Waals surface area contributed by atoms with Crippen LogP contribution in [0.15, 0.2) is 0 Å². The lowest BCUT2D eigenvalue weighted by Gasteiger charge is -2.18. The van der Waals surface area contributed by atoms with Gasteiger partial charge < -0.3 is 24.6 Å². The van der Waals surface area contributed by atoms with Gasteiger partial charge in [0.15, 0.2) is 6.10 Å². The van der Waals surface area contributed by atoms with Crippen molar-refractivity contribution in [1.82, 2.24) is 5.32 Å². The summed E-state index contributed by atoms with van der Waals surface area (Å²) in [5.41, 5.74) is 0. The van der Waals surface area contributed by atoms with E-state index in [-0.39, 0.29) is 25.4 Å². The van der Waals surface area contributed by atoms with E-state index in [0.29, 0.717) is 12.8 Å². The minimum Gasteiger partial charge on any atom is -0.462 e. The molecule has 0 rings (SSSR count).